The lowest BCUT2D eigenvalue weighted by Gasteiger charge is -2.06. The number of ether oxygens (including phenoxy) is 2. The Bertz CT molecular complexity index is 668. The molecule has 0 unspecified atom stereocenters. The van der Waals surface area contributed by atoms with Crippen molar-refractivity contribution < 1.29 is 18.8 Å². The molecule has 0 saturated heterocycles. The van der Waals surface area contributed by atoms with Gasteiger partial charge in [0.2, 0.25) is 11.6 Å². The molecule has 104 valence electrons. The quantitative estimate of drug-likeness (QED) is 0.626. The summed E-state index contributed by atoms with van der Waals surface area (Å²) in [5.74, 6) is -0.775. The molecule has 0 aliphatic heterocycles. The highest BCUT2D eigenvalue weighted by atomic mass is 79.9. The first kappa shape index (κ1) is 14.1. The number of nitro benzene ring substituents is 1. The van der Waals surface area contributed by atoms with Crippen LogP contribution in [0, 0.1) is 15.9 Å². The monoisotopic (exact) mass is 343 g/mol. The van der Waals surface area contributed by atoms with Crippen LogP contribution in [0.3, 0.4) is 0 Å². The molecule has 0 N–H and O–H groups in total. The maximum Gasteiger partial charge on any atom is 0.325 e. The normalized spacial score (nSPS) is 10.2. The lowest BCUT2D eigenvalue weighted by Crippen LogP contribution is -1.98. The van der Waals surface area contributed by atoms with E-state index in [1.54, 1.807) is 0 Å². The fourth-order valence-corrected chi connectivity index (χ4v) is 1.70. The minimum absolute atomic E-state index is 0.189. The fraction of sp³-hybridized carbons (Fsp3) is 0.0909. The van der Waals surface area contributed by atoms with Gasteiger partial charge in [-0.1, -0.05) is 0 Å². The van der Waals surface area contributed by atoms with Crippen LogP contribution in [0.25, 0.3) is 0 Å². The van der Waals surface area contributed by atoms with Crippen molar-refractivity contribution in [1.82, 2.24) is 9.97 Å². The topological polar surface area (TPSA) is 87.4 Å². The Kier molecular flexibility index (Phi) is 4.08. The van der Waals surface area contributed by atoms with E-state index in [1.165, 1.54) is 13.3 Å². The van der Waals surface area contributed by atoms with Crippen LogP contribution in [0.2, 0.25) is 0 Å². The van der Waals surface area contributed by atoms with Crippen molar-refractivity contribution in [2.75, 3.05) is 7.11 Å². The second-order valence-electron chi connectivity index (χ2n) is 3.48. The van der Waals surface area contributed by atoms with E-state index in [4.69, 9.17) is 9.47 Å². The number of benzene rings is 1. The van der Waals surface area contributed by atoms with Crippen molar-refractivity contribution in [3.63, 3.8) is 0 Å². The molecule has 0 radical (unpaired) electrons. The predicted octanol–water partition coefficient (Wildman–Crippen LogP) is 3.09. The van der Waals surface area contributed by atoms with E-state index in [0.29, 0.717) is 4.47 Å². The van der Waals surface area contributed by atoms with E-state index in [-0.39, 0.29) is 17.6 Å². The zero-order valence-corrected chi connectivity index (χ0v) is 11.6. The highest BCUT2D eigenvalue weighted by Gasteiger charge is 2.18. The second kappa shape index (κ2) is 5.78. The number of halogens is 2. The summed E-state index contributed by atoms with van der Waals surface area (Å²) in [6.07, 6.45) is 1.35. The van der Waals surface area contributed by atoms with E-state index in [1.807, 2.05) is 0 Å². The maximum atomic E-state index is 13.1. The molecule has 1 aromatic carbocycles. The summed E-state index contributed by atoms with van der Waals surface area (Å²) in [7, 11) is 1.39. The molecule has 0 fully saturated rings. The van der Waals surface area contributed by atoms with Gasteiger partial charge in [0.05, 0.1) is 22.7 Å². The van der Waals surface area contributed by atoms with Gasteiger partial charge in [0.25, 0.3) is 0 Å². The van der Waals surface area contributed by atoms with Crippen LogP contribution in [0.15, 0.2) is 28.9 Å². The standard InChI is InChI=1S/C11H7BrFN3O4/c1-19-10-7(12)5-14-11(15-10)20-9-4-6(13)2-3-8(9)16(17)18/h2-5H,1H3. The summed E-state index contributed by atoms with van der Waals surface area (Å²) >= 11 is 3.15. The first-order valence-electron chi connectivity index (χ1n) is 5.19. The van der Waals surface area contributed by atoms with Crippen LogP contribution in [-0.4, -0.2) is 22.0 Å². The number of aromatic nitrogens is 2. The number of nitrogens with zero attached hydrogens (tertiary/aromatic N) is 3. The minimum Gasteiger partial charge on any atom is -0.480 e. The van der Waals surface area contributed by atoms with Crippen LogP contribution < -0.4 is 9.47 Å². The lowest BCUT2D eigenvalue weighted by atomic mass is 10.3. The summed E-state index contributed by atoms with van der Waals surface area (Å²) in [6, 6.07) is 2.66. The van der Waals surface area contributed by atoms with Gasteiger partial charge in [-0.05, 0) is 22.0 Å². The Labute approximate surface area is 120 Å². The molecule has 0 saturated carbocycles. The Hall–Kier alpha value is -2.29. The molecule has 1 aromatic heterocycles. The van der Waals surface area contributed by atoms with Gasteiger partial charge in [-0.2, -0.15) is 4.98 Å². The van der Waals surface area contributed by atoms with Crippen LogP contribution in [0.4, 0.5) is 10.1 Å². The molecule has 0 aliphatic carbocycles. The Morgan fingerprint density at radius 3 is 2.85 bits per heavy atom. The summed E-state index contributed by atoms with van der Waals surface area (Å²) in [6.45, 7) is 0. The molecular formula is C11H7BrFN3O4. The first-order valence-corrected chi connectivity index (χ1v) is 5.99. The van der Waals surface area contributed by atoms with Gasteiger partial charge in [0, 0.05) is 12.1 Å². The van der Waals surface area contributed by atoms with Gasteiger partial charge >= 0.3 is 11.7 Å². The molecule has 0 bridgehead atoms. The minimum atomic E-state index is -0.690. The zero-order chi connectivity index (χ0) is 14.7. The highest BCUT2D eigenvalue weighted by molar-refractivity contribution is 9.10. The summed E-state index contributed by atoms with van der Waals surface area (Å²) in [5, 5.41) is 10.8. The largest absolute Gasteiger partial charge is 0.480 e. The number of methoxy groups -OCH3 is 1. The third-order valence-electron chi connectivity index (χ3n) is 2.20. The SMILES string of the molecule is COc1nc(Oc2cc(F)ccc2[N+](=O)[O-])ncc1Br. The number of hydrogen-bond acceptors (Lipinski definition) is 6. The average molecular weight is 344 g/mol. The fourth-order valence-electron chi connectivity index (χ4n) is 1.35. The summed E-state index contributed by atoms with van der Waals surface area (Å²) in [5.41, 5.74) is -0.392. The van der Waals surface area contributed by atoms with Crippen LogP contribution in [0.1, 0.15) is 0 Å². The van der Waals surface area contributed by atoms with Gasteiger partial charge in [0.1, 0.15) is 5.82 Å². The second-order valence-corrected chi connectivity index (χ2v) is 4.34. The summed E-state index contributed by atoms with van der Waals surface area (Å²) in [4.78, 5) is 17.8. The maximum absolute atomic E-state index is 13.1. The molecule has 2 aromatic rings. The predicted molar refractivity (Wildman–Crippen MR) is 69.4 cm³/mol. The molecule has 0 amide bonds. The van der Waals surface area contributed by atoms with Crippen LogP contribution in [0.5, 0.6) is 17.6 Å². The first-order chi connectivity index (χ1) is 9.51. The zero-order valence-electron chi connectivity index (χ0n) is 10.0. The van der Waals surface area contributed by atoms with Crippen molar-refractivity contribution >= 4 is 21.6 Å². The molecule has 0 spiro atoms. The molecule has 2 rings (SSSR count). The molecule has 7 nitrogen and oxygen atoms in total. The molecule has 1 heterocycles. The van der Waals surface area contributed by atoms with Gasteiger partial charge in [0.15, 0.2) is 0 Å². The van der Waals surface area contributed by atoms with E-state index in [9.17, 15) is 14.5 Å². The van der Waals surface area contributed by atoms with Crippen LogP contribution in [-0.2, 0) is 0 Å². The van der Waals surface area contributed by atoms with Crippen LogP contribution >= 0.6 is 15.9 Å². The van der Waals surface area contributed by atoms with Gasteiger partial charge in [-0.15, -0.1) is 0 Å². The number of rotatable bonds is 4. The molecule has 0 atom stereocenters. The molecule has 9 heteroatoms. The van der Waals surface area contributed by atoms with Crippen molar-refractivity contribution in [3.05, 3.63) is 44.8 Å². The number of hydrogen-bond donors (Lipinski definition) is 0. The average Bonchev–Trinajstić information content (AvgIpc) is 2.40. The smallest absolute Gasteiger partial charge is 0.325 e. The molecule has 0 aliphatic rings. The molecular weight excluding hydrogens is 337 g/mol. The van der Waals surface area contributed by atoms with E-state index in [0.717, 1.165) is 18.2 Å². The Morgan fingerprint density at radius 2 is 2.20 bits per heavy atom. The van der Waals surface area contributed by atoms with Crippen molar-refractivity contribution in [3.8, 4) is 17.6 Å². The van der Waals surface area contributed by atoms with E-state index >= 15 is 0 Å². The number of nitro groups is 1. The van der Waals surface area contributed by atoms with Gasteiger partial charge in [-0.3, -0.25) is 10.1 Å². The van der Waals surface area contributed by atoms with Crippen molar-refractivity contribution in [1.29, 1.82) is 0 Å². The third-order valence-corrected chi connectivity index (χ3v) is 2.75. The third kappa shape index (κ3) is 2.99. The summed E-state index contributed by atoms with van der Waals surface area (Å²) < 4.78 is 23.7. The highest BCUT2D eigenvalue weighted by Crippen LogP contribution is 2.32. The van der Waals surface area contributed by atoms with E-state index in [2.05, 4.69) is 25.9 Å². The van der Waals surface area contributed by atoms with Gasteiger partial charge in [-0.25, -0.2) is 9.37 Å². The Morgan fingerprint density at radius 1 is 1.45 bits per heavy atom. The van der Waals surface area contributed by atoms with Crippen molar-refractivity contribution in [2.24, 2.45) is 0 Å². The van der Waals surface area contributed by atoms with Gasteiger partial charge < -0.3 is 9.47 Å². The van der Waals surface area contributed by atoms with Crippen molar-refractivity contribution in [2.45, 2.75) is 0 Å². The lowest BCUT2D eigenvalue weighted by molar-refractivity contribution is -0.385. The Balaban J connectivity index is 2.39. The van der Waals surface area contributed by atoms with E-state index < -0.39 is 16.4 Å². The molecule has 20 heavy (non-hydrogen) atoms.